The molecular weight excluding hydrogens is 461 g/mol. The Labute approximate surface area is 192 Å². The number of hydrogen-bond donors (Lipinski definition) is 0. The third-order valence-electron chi connectivity index (χ3n) is 5.69. The molecule has 1 aliphatic rings. The molecule has 0 atom stereocenters. The van der Waals surface area contributed by atoms with Gasteiger partial charge in [0, 0.05) is 25.7 Å². The maximum atomic E-state index is 14.8. The Kier molecular flexibility index (Phi) is 4.55. The molecule has 0 unspecified atom stereocenters. The van der Waals surface area contributed by atoms with E-state index in [1.807, 2.05) is 42.5 Å². The van der Waals surface area contributed by atoms with Crippen molar-refractivity contribution in [2.45, 2.75) is 0 Å². The smallest absolute Gasteiger partial charge is 0.174 e. The molecule has 156 valence electrons. The Bertz CT molecular complexity index is 1410. The molecule has 0 amide bonds. The van der Waals surface area contributed by atoms with E-state index >= 15 is 0 Å². The minimum atomic E-state index is -3.05. The van der Waals surface area contributed by atoms with E-state index in [0.29, 0.717) is 0 Å². The van der Waals surface area contributed by atoms with E-state index in [0.717, 1.165) is 46.5 Å². The molecule has 0 radical (unpaired) electrons. The molecule has 3 aromatic carbocycles. The van der Waals surface area contributed by atoms with E-state index < -0.39 is 7.14 Å². The van der Waals surface area contributed by atoms with Gasteiger partial charge in [-0.15, -0.1) is 22.7 Å². The van der Waals surface area contributed by atoms with Crippen LogP contribution in [0, 0.1) is 11.6 Å². The monoisotopic (exact) mass is 476 g/mol. The van der Waals surface area contributed by atoms with Crippen molar-refractivity contribution in [1.82, 2.24) is 0 Å². The normalized spacial score (nSPS) is 13.7. The summed E-state index contributed by atoms with van der Waals surface area (Å²) in [6, 6.07) is 26.4. The van der Waals surface area contributed by atoms with Crippen molar-refractivity contribution in [3.63, 3.8) is 0 Å². The highest BCUT2D eigenvalue weighted by Gasteiger charge is 2.43. The second kappa shape index (κ2) is 7.35. The fraction of sp³-hybridized carbons (Fsp3) is 0. The first-order valence-corrected chi connectivity index (χ1v) is 13.3. The van der Waals surface area contributed by atoms with Crippen molar-refractivity contribution in [2.24, 2.45) is 0 Å². The maximum absolute atomic E-state index is 14.8. The van der Waals surface area contributed by atoms with E-state index in [4.69, 9.17) is 0 Å². The fourth-order valence-corrected chi connectivity index (χ4v) is 10.6. The van der Waals surface area contributed by atoms with Gasteiger partial charge in [-0.2, -0.15) is 0 Å². The van der Waals surface area contributed by atoms with Crippen molar-refractivity contribution in [3.8, 4) is 30.6 Å². The predicted octanol–water partition coefficient (Wildman–Crippen LogP) is 7.04. The average Bonchev–Trinajstić information content (AvgIpc) is 3.50. The molecule has 32 heavy (non-hydrogen) atoms. The van der Waals surface area contributed by atoms with Crippen LogP contribution in [0.3, 0.4) is 0 Å². The highest BCUT2D eigenvalue weighted by molar-refractivity contribution is 7.87. The number of fused-ring (bicyclic) bond motifs is 3. The summed E-state index contributed by atoms with van der Waals surface area (Å²) in [5, 5.41) is 2.49. The number of benzene rings is 3. The summed E-state index contributed by atoms with van der Waals surface area (Å²) in [5.41, 5.74) is 1.81. The van der Waals surface area contributed by atoms with E-state index in [1.165, 1.54) is 24.3 Å². The van der Waals surface area contributed by atoms with Crippen LogP contribution >= 0.6 is 29.8 Å². The summed E-state index contributed by atoms with van der Waals surface area (Å²) in [6.07, 6.45) is 0. The molecule has 1 nitrogen and oxygen atoms in total. The molecule has 5 aromatic rings. The van der Waals surface area contributed by atoms with Crippen molar-refractivity contribution < 1.29 is 13.3 Å². The molecule has 0 saturated heterocycles. The molecule has 6 rings (SSSR count). The minimum absolute atomic E-state index is 0.280. The number of halogens is 2. The van der Waals surface area contributed by atoms with Gasteiger partial charge in [-0.1, -0.05) is 54.6 Å². The van der Waals surface area contributed by atoms with Gasteiger partial charge in [0.15, 0.2) is 7.14 Å². The van der Waals surface area contributed by atoms with Crippen molar-refractivity contribution in [3.05, 3.63) is 103 Å². The zero-order valence-electron chi connectivity index (χ0n) is 16.6. The Morgan fingerprint density at radius 1 is 0.594 bits per heavy atom. The minimum Gasteiger partial charge on any atom is -0.309 e. The molecule has 0 saturated carbocycles. The molecule has 0 spiro atoms. The molecule has 3 heterocycles. The molecule has 0 N–H and O–H groups in total. The van der Waals surface area contributed by atoms with Crippen LogP contribution < -0.4 is 15.9 Å². The van der Waals surface area contributed by atoms with Crippen LogP contribution in [0.15, 0.2) is 91.0 Å². The van der Waals surface area contributed by atoms with Crippen molar-refractivity contribution >= 4 is 45.7 Å². The van der Waals surface area contributed by atoms with Crippen LogP contribution in [-0.4, -0.2) is 0 Å². The lowest BCUT2D eigenvalue weighted by Gasteiger charge is -2.13. The second-order valence-electron chi connectivity index (χ2n) is 7.61. The van der Waals surface area contributed by atoms with Gasteiger partial charge in [-0.05, 0) is 47.5 Å². The Balaban J connectivity index is 1.58. The quantitative estimate of drug-likeness (QED) is 0.250. The number of rotatable bonds is 3. The Morgan fingerprint density at radius 2 is 1.03 bits per heavy atom. The topological polar surface area (TPSA) is 17.1 Å². The van der Waals surface area contributed by atoms with E-state index in [-0.39, 0.29) is 11.6 Å². The first-order valence-electron chi connectivity index (χ1n) is 10.0. The highest BCUT2D eigenvalue weighted by Crippen LogP contribution is 2.58. The summed E-state index contributed by atoms with van der Waals surface area (Å²) >= 11 is 3.17. The lowest BCUT2D eigenvalue weighted by atomic mass is 10.2. The molecule has 0 aliphatic carbocycles. The molecule has 0 bridgehead atoms. The van der Waals surface area contributed by atoms with Crippen LogP contribution in [-0.2, 0) is 4.57 Å². The van der Waals surface area contributed by atoms with Crippen LogP contribution in [0.4, 0.5) is 8.78 Å². The summed E-state index contributed by atoms with van der Waals surface area (Å²) in [5.74, 6) is -0.561. The SMILES string of the molecule is O=P1(c2ccccc2)c2cc(-c3ccc(F)cc3)sc2-c2sc(-c3ccc(F)cc3)cc21. The summed E-state index contributed by atoms with van der Waals surface area (Å²) in [7, 11) is -3.05. The highest BCUT2D eigenvalue weighted by atomic mass is 32.1. The fourth-order valence-electron chi connectivity index (χ4n) is 4.11. The molecule has 2 aromatic heterocycles. The third kappa shape index (κ3) is 2.96. The van der Waals surface area contributed by atoms with Crippen LogP contribution in [0.5, 0.6) is 0 Å². The summed E-state index contributed by atoms with van der Waals surface area (Å²) in [4.78, 5) is 3.94. The van der Waals surface area contributed by atoms with Gasteiger partial charge < -0.3 is 4.57 Å². The van der Waals surface area contributed by atoms with Crippen LogP contribution in [0.2, 0.25) is 0 Å². The zero-order valence-corrected chi connectivity index (χ0v) is 19.1. The lowest BCUT2D eigenvalue weighted by Crippen LogP contribution is -2.19. The summed E-state index contributed by atoms with van der Waals surface area (Å²) in [6.45, 7) is 0. The third-order valence-corrected chi connectivity index (χ3v) is 11.6. The first-order chi connectivity index (χ1) is 15.5. The summed E-state index contributed by atoms with van der Waals surface area (Å²) < 4.78 is 41.6. The number of thiophene rings is 2. The second-order valence-corrected chi connectivity index (χ2v) is 12.4. The van der Waals surface area contributed by atoms with Crippen LogP contribution in [0.25, 0.3) is 30.6 Å². The van der Waals surface area contributed by atoms with Gasteiger partial charge in [0.05, 0.1) is 9.75 Å². The van der Waals surface area contributed by atoms with Crippen molar-refractivity contribution in [1.29, 1.82) is 0 Å². The first kappa shape index (κ1) is 19.8. The van der Waals surface area contributed by atoms with Gasteiger partial charge in [0.25, 0.3) is 0 Å². The Morgan fingerprint density at radius 3 is 1.47 bits per heavy atom. The maximum Gasteiger partial charge on any atom is 0.174 e. The van der Waals surface area contributed by atoms with Gasteiger partial charge in [-0.3, -0.25) is 0 Å². The largest absolute Gasteiger partial charge is 0.309 e. The zero-order chi connectivity index (χ0) is 21.9. The van der Waals surface area contributed by atoms with Gasteiger partial charge in [0.1, 0.15) is 11.6 Å². The van der Waals surface area contributed by atoms with Gasteiger partial charge >= 0.3 is 0 Å². The molecule has 6 heteroatoms. The van der Waals surface area contributed by atoms with Crippen molar-refractivity contribution in [2.75, 3.05) is 0 Å². The molecule has 0 fully saturated rings. The van der Waals surface area contributed by atoms with E-state index in [9.17, 15) is 13.3 Å². The molecule has 1 aliphatic heterocycles. The standard InChI is InChI=1S/C26H15F2OPS2/c27-18-10-6-16(7-11-18)23-14-21-25(31-23)26-22(30(21,29)20-4-2-1-3-5-20)15-24(32-26)17-8-12-19(28)13-9-17/h1-15H. The van der Waals surface area contributed by atoms with Crippen LogP contribution in [0.1, 0.15) is 0 Å². The van der Waals surface area contributed by atoms with Gasteiger partial charge in [0.2, 0.25) is 0 Å². The Hall–Kier alpha value is -2.85. The molecular formula is C26H15F2OPS2. The van der Waals surface area contributed by atoms with E-state index in [1.54, 1.807) is 46.9 Å². The number of hydrogen-bond acceptors (Lipinski definition) is 3. The average molecular weight is 477 g/mol. The van der Waals surface area contributed by atoms with Gasteiger partial charge in [-0.25, -0.2) is 8.78 Å². The van der Waals surface area contributed by atoms with E-state index in [2.05, 4.69) is 0 Å². The lowest BCUT2D eigenvalue weighted by molar-refractivity contribution is 0.593. The predicted molar refractivity (Wildman–Crippen MR) is 131 cm³/mol.